The monoisotopic (exact) mass is 388 g/mol. The molecule has 0 saturated heterocycles. The van der Waals surface area contributed by atoms with E-state index in [1.54, 1.807) is 24.4 Å². The average molecular weight is 389 g/mol. The highest BCUT2D eigenvalue weighted by atomic mass is 35.5. The van der Waals surface area contributed by atoms with E-state index >= 15 is 0 Å². The molecule has 0 saturated carbocycles. The van der Waals surface area contributed by atoms with Gasteiger partial charge in [-0.25, -0.2) is 4.98 Å². The van der Waals surface area contributed by atoms with Crippen LogP contribution in [0.25, 0.3) is 11.1 Å². The second kappa shape index (κ2) is 6.94. The minimum Gasteiger partial charge on any atom is -0.485 e. The number of nitrogen functional groups attached to an aromatic ring is 1. The number of ether oxygens (including phenoxy) is 3. The molecule has 2 heterocycles. The molecule has 3 aromatic rings. The molecule has 26 heavy (non-hydrogen) atoms. The maximum absolute atomic E-state index is 6.18. The number of hydrogen-bond donors (Lipinski definition) is 1. The summed E-state index contributed by atoms with van der Waals surface area (Å²) in [5.41, 5.74) is 8.41. The van der Waals surface area contributed by atoms with Crippen molar-refractivity contribution in [3.8, 4) is 28.4 Å². The largest absolute Gasteiger partial charge is 0.485 e. The number of fused-ring (bicyclic) bond motifs is 1. The van der Waals surface area contributed by atoms with E-state index in [1.165, 1.54) is 0 Å². The molecule has 0 bridgehead atoms. The molecule has 0 radical (unpaired) electrons. The van der Waals surface area contributed by atoms with Gasteiger partial charge in [0.15, 0.2) is 23.1 Å². The maximum atomic E-state index is 6.18. The number of rotatable bonds is 4. The average Bonchev–Trinajstić information content (AvgIpc) is 3.10. The summed E-state index contributed by atoms with van der Waals surface area (Å²) in [7, 11) is 0. The normalized spacial score (nSPS) is 12.2. The van der Waals surface area contributed by atoms with E-state index in [2.05, 4.69) is 4.98 Å². The van der Waals surface area contributed by atoms with Gasteiger partial charge in [0.05, 0.1) is 0 Å². The number of hydrogen-bond acceptors (Lipinski definition) is 5. The summed E-state index contributed by atoms with van der Waals surface area (Å²) >= 11 is 12.4. The quantitative estimate of drug-likeness (QED) is 0.684. The number of benzene rings is 2. The van der Waals surface area contributed by atoms with Crippen LogP contribution in [0, 0.1) is 0 Å². The highest BCUT2D eigenvalue weighted by Crippen LogP contribution is 2.37. The van der Waals surface area contributed by atoms with Gasteiger partial charge in [0, 0.05) is 27.4 Å². The maximum Gasteiger partial charge on any atom is 0.231 e. The van der Waals surface area contributed by atoms with Crippen molar-refractivity contribution in [3.63, 3.8) is 0 Å². The first-order valence-electron chi connectivity index (χ1n) is 7.83. The van der Waals surface area contributed by atoms with Gasteiger partial charge < -0.3 is 19.9 Å². The molecule has 0 atom stereocenters. The van der Waals surface area contributed by atoms with Crippen molar-refractivity contribution in [2.45, 2.75) is 6.61 Å². The smallest absolute Gasteiger partial charge is 0.231 e. The number of halogens is 2. The summed E-state index contributed by atoms with van der Waals surface area (Å²) < 4.78 is 16.6. The Hall–Kier alpha value is -2.63. The van der Waals surface area contributed by atoms with Crippen molar-refractivity contribution < 1.29 is 14.2 Å². The summed E-state index contributed by atoms with van der Waals surface area (Å²) in [6, 6.07) is 12.8. The Kier molecular flexibility index (Phi) is 4.49. The van der Waals surface area contributed by atoms with Crippen molar-refractivity contribution in [1.29, 1.82) is 0 Å². The van der Waals surface area contributed by atoms with Crippen LogP contribution >= 0.6 is 23.2 Å². The van der Waals surface area contributed by atoms with E-state index in [0.717, 1.165) is 16.9 Å². The summed E-state index contributed by atoms with van der Waals surface area (Å²) in [6.07, 6.45) is 1.68. The minimum atomic E-state index is 0.189. The fourth-order valence-electron chi connectivity index (χ4n) is 2.62. The fraction of sp³-hybridized carbons (Fsp3) is 0.105. The molecule has 1 aliphatic heterocycles. The molecule has 0 amide bonds. The van der Waals surface area contributed by atoms with E-state index in [0.29, 0.717) is 27.1 Å². The zero-order valence-electron chi connectivity index (χ0n) is 13.5. The van der Waals surface area contributed by atoms with Gasteiger partial charge in [0.1, 0.15) is 6.61 Å². The summed E-state index contributed by atoms with van der Waals surface area (Å²) in [5.74, 6) is 2.17. The molecule has 132 valence electrons. The van der Waals surface area contributed by atoms with Crippen molar-refractivity contribution in [2.75, 3.05) is 12.5 Å². The van der Waals surface area contributed by atoms with E-state index in [1.807, 2.05) is 24.3 Å². The van der Waals surface area contributed by atoms with Crippen molar-refractivity contribution in [2.24, 2.45) is 0 Å². The number of nitrogens with zero attached hydrogens (tertiary/aromatic N) is 1. The summed E-state index contributed by atoms with van der Waals surface area (Å²) in [6.45, 7) is 0.417. The molecule has 5 nitrogen and oxygen atoms in total. The van der Waals surface area contributed by atoms with Gasteiger partial charge in [0.2, 0.25) is 6.79 Å². The van der Waals surface area contributed by atoms with Crippen LogP contribution in [0.4, 0.5) is 5.82 Å². The lowest BCUT2D eigenvalue weighted by molar-refractivity contribution is 0.174. The van der Waals surface area contributed by atoms with Gasteiger partial charge >= 0.3 is 0 Å². The topological polar surface area (TPSA) is 66.6 Å². The van der Waals surface area contributed by atoms with Crippen LogP contribution in [0.5, 0.6) is 17.2 Å². The van der Waals surface area contributed by atoms with Gasteiger partial charge in [-0.3, -0.25) is 0 Å². The predicted molar refractivity (Wildman–Crippen MR) is 101 cm³/mol. The minimum absolute atomic E-state index is 0.189. The van der Waals surface area contributed by atoms with Crippen LogP contribution in [-0.4, -0.2) is 11.8 Å². The fourth-order valence-corrected chi connectivity index (χ4v) is 3.13. The molecule has 0 unspecified atom stereocenters. The van der Waals surface area contributed by atoms with Crippen LogP contribution in [0.1, 0.15) is 5.56 Å². The molecule has 0 fully saturated rings. The van der Waals surface area contributed by atoms with Crippen molar-refractivity contribution in [1.82, 2.24) is 4.98 Å². The predicted octanol–water partition coefficient (Wildman–Crippen LogP) is 4.95. The lowest BCUT2D eigenvalue weighted by Crippen LogP contribution is -2.02. The number of aromatic nitrogens is 1. The third kappa shape index (κ3) is 3.23. The van der Waals surface area contributed by atoms with Crippen LogP contribution in [-0.2, 0) is 6.61 Å². The van der Waals surface area contributed by atoms with E-state index in [9.17, 15) is 0 Å². The lowest BCUT2D eigenvalue weighted by Gasteiger charge is -2.12. The Morgan fingerprint density at radius 1 is 1.00 bits per heavy atom. The Labute approximate surface area is 160 Å². The van der Waals surface area contributed by atoms with Gasteiger partial charge in [-0.1, -0.05) is 35.3 Å². The van der Waals surface area contributed by atoms with Gasteiger partial charge in [-0.05, 0) is 35.9 Å². The summed E-state index contributed by atoms with van der Waals surface area (Å²) in [5, 5.41) is 1.08. The van der Waals surface area contributed by atoms with Gasteiger partial charge in [0.25, 0.3) is 0 Å². The number of pyridine rings is 1. The second-order valence-electron chi connectivity index (χ2n) is 5.66. The Morgan fingerprint density at radius 3 is 2.58 bits per heavy atom. The van der Waals surface area contributed by atoms with E-state index in [-0.39, 0.29) is 19.2 Å². The van der Waals surface area contributed by atoms with Crippen molar-refractivity contribution >= 4 is 29.0 Å². The molecule has 0 spiro atoms. The van der Waals surface area contributed by atoms with Crippen LogP contribution < -0.4 is 19.9 Å². The molecule has 1 aromatic heterocycles. The zero-order chi connectivity index (χ0) is 18.1. The number of nitrogens with two attached hydrogens (primary N) is 1. The van der Waals surface area contributed by atoms with Crippen molar-refractivity contribution in [3.05, 3.63) is 64.3 Å². The molecular formula is C19H14Cl2N2O3. The first kappa shape index (κ1) is 16.8. The molecule has 4 rings (SSSR count). The Morgan fingerprint density at radius 2 is 1.77 bits per heavy atom. The molecule has 7 heteroatoms. The van der Waals surface area contributed by atoms with Crippen LogP contribution in [0.3, 0.4) is 0 Å². The van der Waals surface area contributed by atoms with E-state index < -0.39 is 0 Å². The SMILES string of the molecule is Nc1ncc(-c2ccc3c(c2)OCO3)cc1OCc1c(Cl)cccc1Cl. The third-order valence-corrected chi connectivity index (χ3v) is 4.73. The second-order valence-corrected chi connectivity index (χ2v) is 6.48. The highest BCUT2D eigenvalue weighted by molar-refractivity contribution is 6.35. The Balaban J connectivity index is 1.60. The van der Waals surface area contributed by atoms with E-state index in [4.69, 9.17) is 43.1 Å². The van der Waals surface area contributed by atoms with Crippen LogP contribution in [0.2, 0.25) is 10.0 Å². The molecule has 2 N–H and O–H groups in total. The number of anilines is 1. The first-order valence-corrected chi connectivity index (χ1v) is 8.58. The Bertz CT molecular complexity index is 959. The summed E-state index contributed by atoms with van der Waals surface area (Å²) in [4.78, 5) is 4.22. The van der Waals surface area contributed by atoms with Gasteiger partial charge in [-0.15, -0.1) is 0 Å². The zero-order valence-corrected chi connectivity index (χ0v) is 15.1. The molecule has 0 aliphatic carbocycles. The molecule has 2 aromatic carbocycles. The molecular weight excluding hydrogens is 375 g/mol. The first-order chi connectivity index (χ1) is 12.6. The standard InChI is InChI=1S/C19H14Cl2N2O3/c20-14-2-1-3-15(21)13(14)9-24-18-7-12(8-23-19(18)22)11-4-5-16-17(6-11)26-10-25-16/h1-8H,9-10H2,(H2,22,23). The highest BCUT2D eigenvalue weighted by Gasteiger charge is 2.15. The lowest BCUT2D eigenvalue weighted by atomic mass is 10.1. The van der Waals surface area contributed by atoms with Gasteiger partial charge in [-0.2, -0.15) is 0 Å². The molecule has 1 aliphatic rings. The third-order valence-electron chi connectivity index (χ3n) is 4.02. The van der Waals surface area contributed by atoms with Crippen LogP contribution in [0.15, 0.2) is 48.7 Å².